The molecule has 122 valence electrons. The van der Waals surface area contributed by atoms with Crippen molar-refractivity contribution >= 4 is 5.78 Å². The van der Waals surface area contributed by atoms with E-state index in [0.717, 1.165) is 45.9 Å². The Hall–Kier alpha value is -0.490. The fraction of sp³-hybridized carbons (Fsp3) is 0.938. The van der Waals surface area contributed by atoms with E-state index in [4.69, 9.17) is 9.47 Å². The molecule has 2 heterocycles. The lowest BCUT2D eigenvalue weighted by Gasteiger charge is -2.32. The molecule has 0 aliphatic carbocycles. The van der Waals surface area contributed by atoms with Gasteiger partial charge in [0.1, 0.15) is 5.78 Å². The first kappa shape index (κ1) is 16.9. The monoisotopic (exact) mass is 298 g/mol. The summed E-state index contributed by atoms with van der Waals surface area (Å²) in [6.45, 7) is 12.4. The first-order valence-corrected chi connectivity index (χ1v) is 8.22. The van der Waals surface area contributed by atoms with Crippen molar-refractivity contribution in [2.45, 2.75) is 51.7 Å². The lowest BCUT2D eigenvalue weighted by molar-refractivity contribution is -0.118. The molecule has 0 radical (unpaired) electrons. The first-order valence-electron chi connectivity index (χ1n) is 8.22. The molecule has 5 heteroatoms. The molecular formula is C16H30N2O3. The number of likely N-dealkylation sites (tertiary alicyclic amines) is 1. The quantitative estimate of drug-likeness (QED) is 0.660. The van der Waals surface area contributed by atoms with E-state index in [9.17, 15) is 4.79 Å². The number of carbonyl (C=O) groups excluding carboxylic acids is 1. The molecule has 2 atom stereocenters. The molecular weight excluding hydrogens is 268 g/mol. The van der Waals surface area contributed by atoms with Crippen LogP contribution >= 0.6 is 0 Å². The van der Waals surface area contributed by atoms with Gasteiger partial charge in [-0.3, -0.25) is 14.6 Å². The summed E-state index contributed by atoms with van der Waals surface area (Å²) in [5.41, 5.74) is 0. The molecule has 0 unspecified atom stereocenters. The molecule has 2 aliphatic heterocycles. The summed E-state index contributed by atoms with van der Waals surface area (Å²) in [4.78, 5) is 16.1. The average molecular weight is 298 g/mol. The van der Waals surface area contributed by atoms with Crippen molar-refractivity contribution in [3.63, 3.8) is 0 Å². The summed E-state index contributed by atoms with van der Waals surface area (Å²) >= 11 is 0. The zero-order valence-electron chi connectivity index (χ0n) is 13.7. The average Bonchev–Trinajstić information content (AvgIpc) is 2.89. The Kier molecular flexibility index (Phi) is 6.61. The zero-order chi connectivity index (χ0) is 15.2. The maximum absolute atomic E-state index is 11.0. The minimum absolute atomic E-state index is 0.202. The predicted octanol–water partition coefficient (Wildman–Crippen LogP) is 1.17. The Morgan fingerprint density at radius 2 is 2.05 bits per heavy atom. The summed E-state index contributed by atoms with van der Waals surface area (Å²) in [6.07, 6.45) is 1.69. The molecule has 2 fully saturated rings. The van der Waals surface area contributed by atoms with Gasteiger partial charge in [0.2, 0.25) is 0 Å². The second-order valence-electron chi connectivity index (χ2n) is 6.51. The van der Waals surface area contributed by atoms with Gasteiger partial charge in [-0.05, 0) is 27.2 Å². The standard InChI is InChI=1S/C16H30N2O3/c1-13(2)18-11-15(17-5-8-20-9-6-17)10-16(18)12-21-7-4-14(3)19/h13,15-16H,4-12H2,1-3H3/t15-,16+/m1/s1. The van der Waals surface area contributed by atoms with Crippen molar-refractivity contribution in [1.82, 2.24) is 9.80 Å². The van der Waals surface area contributed by atoms with Crippen molar-refractivity contribution in [2.75, 3.05) is 46.1 Å². The third-order valence-electron chi connectivity index (χ3n) is 4.57. The fourth-order valence-corrected chi connectivity index (χ4v) is 3.36. The zero-order valence-corrected chi connectivity index (χ0v) is 13.7. The SMILES string of the molecule is CC(=O)CCOC[C@@H]1C[C@@H](N2CCOCC2)CN1C(C)C. The smallest absolute Gasteiger partial charge is 0.132 e. The van der Waals surface area contributed by atoms with Crippen LogP contribution in [0.4, 0.5) is 0 Å². The molecule has 21 heavy (non-hydrogen) atoms. The van der Waals surface area contributed by atoms with Crippen molar-refractivity contribution in [3.8, 4) is 0 Å². The van der Waals surface area contributed by atoms with Crippen molar-refractivity contribution in [1.29, 1.82) is 0 Å². The van der Waals surface area contributed by atoms with Gasteiger partial charge in [-0.25, -0.2) is 0 Å². The highest BCUT2D eigenvalue weighted by Crippen LogP contribution is 2.25. The van der Waals surface area contributed by atoms with Gasteiger partial charge < -0.3 is 9.47 Å². The summed E-state index contributed by atoms with van der Waals surface area (Å²) in [5, 5.41) is 0. The van der Waals surface area contributed by atoms with Crippen LogP contribution in [-0.4, -0.2) is 79.8 Å². The number of ether oxygens (including phenoxy) is 2. The lowest BCUT2D eigenvalue weighted by Crippen LogP contribution is -2.45. The molecule has 0 aromatic carbocycles. The van der Waals surface area contributed by atoms with E-state index in [1.807, 2.05) is 0 Å². The van der Waals surface area contributed by atoms with Gasteiger partial charge in [0, 0.05) is 44.2 Å². The van der Waals surface area contributed by atoms with E-state index < -0.39 is 0 Å². The molecule has 2 saturated heterocycles. The number of ketones is 1. The van der Waals surface area contributed by atoms with Gasteiger partial charge in [0.05, 0.1) is 26.4 Å². The van der Waals surface area contributed by atoms with E-state index in [0.29, 0.717) is 31.2 Å². The normalized spacial score (nSPS) is 28.4. The van der Waals surface area contributed by atoms with Crippen LogP contribution in [0.5, 0.6) is 0 Å². The third kappa shape index (κ3) is 5.02. The molecule has 0 amide bonds. The lowest BCUT2D eigenvalue weighted by atomic mass is 10.1. The first-order chi connectivity index (χ1) is 10.1. The van der Waals surface area contributed by atoms with E-state index >= 15 is 0 Å². The second kappa shape index (κ2) is 8.22. The Morgan fingerprint density at radius 3 is 2.67 bits per heavy atom. The summed E-state index contributed by atoms with van der Waals surface area (Å²) in [7, 11) is 0. The highest BCUT2D eigenvalue weighted by atomic mass is 16.5. The van der Waals surface area contributed by atoms with Crippen molar-refractivity contribution < 1.29 is 14.3 Å². The van der Waals surface area contributed by atoms with E-state index in [1.54, 1.807) is 6.92 Å². The predicted molar refractivity (Wildman–Crippen MR) is 82.5 cm³/mol. The number of hydrogen-bond acceptors (Lipinski definition) is 5. The van der Waals surface area contributed by atoms with E-state index in [1.165, 1.54) is 0 Å². The molecule has 5 nitrogen and oxygen atoms in total. The van der Waals surface area contributed by atoms with Crippen LogP contribution in [0.3, 0.4) is 0 Å². The molecule has 2 rings (SSSR count). The Balaban J connectivity index is 1.81. The van der Waals surface area contributed by atoms with Crippen LogP contribution in [0.2, 0.25) is 0 Å². The van der Waals surface area contributed by atoms with Gasteiger partial charge in [-0.15, -0.1) is 0 Å². The summed E-state index contributed by atoms with van der Waals surface area (Å²) in [5.74, 6) is 0.202. The number of hydrogen-bond donors (Lipinski definition) is 0. The highest BCUT2D eigenvalue weighted by molar-refractivity contribution is 5.75. The summed E-state index contributed by atoms with van der Waals surface area (Å²) < 4.78 is 11.2. The van der Waals surface area contributed by atoms with Crippen LogP contribution in [0, 0.1) is 0 Å². The topological polar surface area (TPSA) is 42.0 Å². The van der Waals surface area contributed by atoms with E-state index in [-0.39, 0.29) is 5.78 Å². The Bertz CT molecular complexity index is 329. The minimum atomic E-state index is 0.202. The largest absolute Gasteiger partial charge is 0.379 e. The minimum Gasteiger partial charge on any atom is -0.379 e. The van der Waals surface area contributed by atoms with Crippen LogP contribution < -0.4 is 0 Å². The van der Waals surface area contributed by atoms with Gasteiger partial charge in [-0.1, -0.05) is 0 Å². The number of nitrogens with zero attached hydrogens (tertiary/aromatic N) is 2. The molecule has 0 N–H and O–H groups in total. The van der Waals surface area contributed by atoms with E-state index in [2.05, 4.69) is 23.6 Å². The molecule has 0 aromatic heterocycles. The number of rotatable bonds is 7. The maximum Gasteiger partial charge on any atom is 0.132 e. The van der Waals surface area contributed by atoms with Crippen molar-refractivity contribution in [3.05, 3.63) is 0 Å². The molecule has 0 spiro atoms. The van der Waals surface area contributed by atoms with Gasteiger partial charge in [-0.2, -0.15) is 0 Å². The Labute approximate surface area is 128 Å². The molecule has 0 bridgehead atoms. The van der Waals surface area contributed by atoms with Gasteiger partial charge >= 0.3 is 0 Å². The van der Waals surface area contributed by atoms with Gasteiger partial charge in [0.15, 0.2) is 0 Å². The fourth-order valence-electron chi connectivity index (χ4n) is 3.36. The van der Waals surface area contributed by atoms with Crippen LogP contribution in [0.25, 0.3) is 0 Å². The molecule has 0 aromatic rings. The number of carbonyl (C=O) groups is 1. The highest BCUT2D eigenvalue weighted by Gasteiger charge is 2.36. The number of morpholine rings is 1. The van der Waals surface area contributed by atoms with Crippen LogP contribution in [-0.2, 0) is 14.3 Å². The summed E-state index contributed by atoms with van der Waals surface area (Å²) in [6, 6.07) is 1.64. The molecule has 0 saturated carbocycles. The molecule has 2 aliphatic rings. The van der Waals surface area contributed by atoms with Gasteiger partial charge in [0.25, 0.3) is 0 Å². The maximum atomic E-state index is 11.0. The number of Topliss-reactive ketones (excluding diaryl/α,β-unsaturated/α-hetero) is 1. The Morgan fingerprint density at radius 1 is 1.33 bits per heavy atom. The van der Waals surface area contributed by atoms with Crippen LogP contribution in [0.1, 0.15) is 33.6 Å². The van der Waals surface area contributed by atoms with Crippen LogP contribution in [0.15, 0.2) is 0 Å². The van der Waals surface area contributed by atoms with Crippen molar-refractivity contribution in [2.24, 2.45) is 0 Å². The second-order valence-corrected chi connectivity index (χ2v) is 6.51. The third-order valence-corrected chi connectivity index (χ3v) is 4.57.